The second-order valence-electron chi connectivity index (χ2n) is 7.19. The van der Waals surface area contributed by atoms with Crippen molar-refractivity contribution in [1.29, 1.82) is 0 Å². The minimum atomic E-state index is -0.150. The van der Waals surface area contributed by atoms with E-state index in [2.05, 4.69) is 4.74 Å². The van der Waals surface area contributed by atoms with Crippen molar-refractivity contribution in [2.75, 3.05) is 7.11 Å². The third-order valence-electron chi connectivity index (χ3n) is 5.20. The molecule has 3 rings (SSSR count). The molecule has 0 fully saturated rings. The molecule has 1 aromatic heterocycles. The maximum Gasteiger partial charge on any atom is 0.329 e. The molecule has 0 saturated heterocycles. The fraction of sp³-hybridized carbons (Fsp3) is 0.391. The van der Waals surface area contributed by atoms with Gasteiger partial charge in [-0.15, -0.1) is 0 Å². The molecule has 0 radical (unpaired) electrons. The molecule has 5 nitrogen and oxygen atoms in total. The summed E-state index contributed by atoms with van der Waals surface area (Å²) in [6.07, 6.45) is 5.33. The summed E-state index contributed by atoms with van der Waals surface area (Å²) in [6, 6.07) is 15.5. The van der Waals surface area contributed by atoms with Crippen LogP contribution in [-0.4, -0.2) is 22.2 Å². The molecule has 0 atom stereocenters. The molecular formula is C23H27ClN2O3. The molecule has 0 unspecified atom stereocenters. The number of fused-ring (bicyclic) bond motifs is 1. The van der Waals surface area contributed by atoms with Crippen LogP contribution >= 0.6 is 11.6 Å². The van der Waals surface area contributed by atoms with E-state index in [0.717, 1.165) is 48.7 Å². The molecule has 0 amide bonds. The Morgan fingerprint density at radius 2 is 1.52 bits per heavy atom. The smallest absolute Gasteiger partial charge is 0.329 e. The Morgan fingerprint density at radius 3 is 2.24 bits per heavy atom. The molecule has 0 bridgehead atoms. The number of methoxy groups -OCH3 is 1. The fourth-order valence-electron chi connectivity index (χ4n) is 3.61. The van der Waals surface area contributed by atoms with E-state index in [9.17, 15) is 9.59 Å². The van der Waals surface area contributed by atoms with Crippen LogP contribution in [0.2, 0.25) is 5.02 Å². The van der Waals surface area contributed by atoms with Crippen LogP contribution in [-0.2, 0) is 22.6 Å². The Balaban J connectivity index is 1.66. The van der Waals surface area contributed by atoms with Crippen molar-refractivity contribution in [3.8, 4) is 0 Å². The molecular weight excluding hydrogens is 388 g/mol. The number of aromatic nitrogens is 2. The predicted octanol–water partition coefficient (Wildman–Crippen LogP) is 5.02. The topological polar surface area (TPSA) is 53.2 Å². The number of carbonyl (C=O) groups excluding carboxylic acids is 1. The number of aryl methyl sites for hydroxylation is 1. The molecule has 0 aliphatic carbocycles. The first-order valence-electron chi connectivity index (χ1n) is 10.1. The van der Waals surface area contributed by atoms with E-state index in [1.807, 2.05) is 53.1 Å². The van der Waals surface area contributed by atoms with Crippen molar-refractivity contribution in [2.24, 2.45) is 0 Å². The highest BCUT2D eigenvalue weighted by Crippen LogP contribution is 2.19. The number of rotatable bonds is 10. The van der Waals surface area contributed by atoms with Crippen molar-refractivity contribution < 1.29 is 9.53 Å². The summed E-state index contributed by atoms with van der Waals surface area (Å²) in [7, 11) is 1.42. The minimum absolute atomic E-state index is 0.00295. The van der Waals surface area contributed by atoms with E-state index in [1.54, 1.807) is 4.57 Å². The fourth-order valence-corrected chi connectivity index (χ4v) is 3.81. The van der Waals surface area contributed by atoms with E-state index in [-0.39, 0.29) is 11.7 Å². The van der Waals surface area contributed by atoms with Crippen LogP contribution in [0.15, 0.2) is 53.3 Å². The molecule has 1 heterocycles. The first-order valence-corrected chi connectivity index (χ1v) is 10.5. The minimum Gasteiger partial charge on any atom is -0.469 e. The number of hydrogen-bond acceptors (Lipinski definition) is 3. The molecule has 29 heavy (non-hydrogen) atoms. The van der Waals surface area contributed by atoms with Gasteiger partial charge in [-0.3, -0.25) is 13.9 Å². The number of hydrogen-bond donors (Lipinski definition) is 0. The summed E-state index contributed by atoms with van der Waals surface area (Å²) in [5.41, 5.74) is 2.81. The second-order valence-corrected chi connectivity index (χ2v) is 7.60. The van der Waals surface area contributed by atoms with E-state index < -0.39 is 0 Å². The maximum atomic E-state index is 13.1. The average molecular weight is 415 g/mol. The quantitative estimate of drug-likeness (QED) is 0.346. The standard InChI is InChI=1S/C23H27ClN2O3/c1-29-22(27)15-5-3-2-4-10-16-25-20-13-8-9-14-21(20)26(23(25)28)17-18-11-6-7-12-19(18)24/h6-9,11-14H,2-5,10,15-17H2,1H3. The number of ether oxygens (including phenoxy) is 1. The molecule has 0 aliphatic heterocycles. The van der Waals surface area contributed by atoms with Crippen LogP contribution in [0.5, 0.6) is 0 Å². The number of imidazole rings is 1. The predicted molar refractivity (Wildman–Crippen MR) is 116 cm³/mol. The van der Waals surface area contributed by atoms with Crippen LogP contribution in [0.4, 0.5) is 0 Å². The highest BCUT2D eigenvalue weighted by molar-refractivity contribution is 6.31. The van der Waals surface area contributed by atoms with Gasteiger partial charge in [-0.1, -0.05) is 61.2 Å². The molecule has 0 N–H and O–H groups in total. The summed E-state index contributed by atoms with van der Waals surface area (Å²) >= 11 is 6.31. The van der Waals surface area contributed by atoms with Gasteiger partial charge in [0.25, 0.3) is 0 Å². The highest BCUT2D eigenvalue weighted by Gasteiger charge is 2.13. The zero-order chi connectivity index (χ0) is 20.6. The van der Waals surface area contributed by atoms with Gasteiger partial charge in [-0.2, -0.15) is 0 Å². The van der Waals surface area contributed by atoms with Crippen LogP contribution in [0.3, 0.4) is 0 Å². The molecule has 2 aromatic carbocycles. The molecule has 0 aliphatic rings. The van der Waals surface area contributed by atoms with Gasteiger partial charge in [0.2, 0.25) is 0 Å². The Bertz CT molecular complexity index is 1020. The average Bonchev–Trinajstić information content (AvgIpc) is 3.00. The van der Waals surface area contributed by atoms with Crippen molar-refractivity contribution in [1.82, 2.24) is 9.13 Å². The number of esters is 1. The third-order valence-corrected chi connectivity index (χ3v) is 5.57. The highest BCUT2D eigenvalue weighted by atomic mass is 35.5. The van der Waals surface area contributed by atoms with E-state index in [1.165, 1.54) is 7.11 Å². The van der Waals surface area contributed by atoms with Gasteiger partial charge < -0.3 is 4.74 Å². The number of nitrogens with zero attached hydrogens (tertiary/aromatic N) is 2. The Labute approximate surface area is 175 Å². The van der Waals surface area contributed by atoms with Crippen molar-refractivity contribution in [3.63, 3.8) is 0 Å². The molecule has 6 heteroatoms. The summed E-state index contributed by atoms with van der Waals surface area (Å²) in [5.74, 6) is -0.150. The monoisotopic (exact) mass is 414 g/mol. The van der Waals surface area contributed by atoms with Gasteiger partial charge in [-0.25, -0.2) is 4.79 Å². The Morgan fingerprint density at radius 1 is 0.897 bits per heavy atom. The third kappa shape index (κ3) is 5.30. The van der Waals surface area contributed by atoms with Gasteiger partial charge >= 0.3 is 11.7 Å². The van der Waals surface area contributed by atoms with Crippen LogP contribution in [0.1, 0.15) is 44.1 Å². The van der Waals surface area contributed by atoms with E-state index >= 15 is 0 Å². The summed E-state index contributed by atoms with van der Waals surface area (Å²) in [6.45, 7) is 1.14. The normalized spacial score (nSPS) is 11.1. The number of halogens is 1. The lowest BCUT2D eigenvalue weighted by Gasteiger charge is -2.06. The first-order chi connectivity index (χ1) is 14.1. The van der Waals surface area contributed by atoms with Crippen molar-refractivity contribution in [2.45, 2.75) is 51.6 Å². The van der Waals surface area contributed by atoms with Crippen LogP contribution in [0, 0.1) is 0 Å². The van der Waals surface area contributed by atoms with Crippen LogP contribution in [0.25, 0.3) is 11.0 Å². The van der Waals surface area contributed by atoms with Crippen molar-refractivity contribution in [3.05, 3.63) is 69.6 Å². The summed E-state index contributed by atoms with van der Waals surface area (Å²) in [5, 5.41) is 0.670. The van der Waals surface area contributed by atoms with E-state index in [4.69, 9.17) is 11.6 Å². The molecule has 0 saturated carbocycles. The maximum absolute atomic E-state index is 13.1. The lowest BCUT2D eigenvalue weighted by atomic mass is 10.1. The van der Waals surface area contributed by atoms with E-state index in [0.29, 0.717) is 24.5 Å². The molecule has 154 valence electrons. The number of para-hydroxylation sites is 2. The summed E-state index contributed by atoms with van der Waals surface area (Å²) in [4.78, 5) is 24.2. The number of unbranched alkanes of at least 4 members (excludes halogenated alkanes) is 4. The lowest BCUT2D eigenvalue weighted by molar-refractivity contribution is -0.140. The Kier molecular flexibility index (Phi) is 7.53. The summed E-state index contributed by atoms with van der Waals surface area (Å²) < 4.78 is 8.31. The lowest BCUT2D eigenvalue weighted by Crippen LogP contribution is -2.25. The van der Waals surface area contributed by atoms with Crippen molar-refractivity contribution >= 4 is 28.6 Å². The largest absolute Gasteiger partial charge is 0.469 e. The van der Waals surface area contributed by atoms with Gasteiger partial charge in [0.05, 0.1) is 24.7 Å². The second kappa shape index (κ2) is 10.3. The van der Waals surface area contributed by atoms with Gasteiger partial charge in [0, 0.05) is 18.0 Å². The zero-order valence-corrected chi connectivity index (χ0v) is 17.5. The molecule has 3 aromatic rings. The number of benzene rings is 2. The molecule has 0 spiro atoms. The first kappa shape index (κ1) is 21.2. The van der Waals surface area contributed by atoms with Crippen LogP contribution < -0.4 is 5.69 Å². The Hall–Kier alpha value is -2.53. The van der Waals surface area contributed by atoms with Gasteiger partial charge in [-0.05, 0) is 36.6 Å². The van der Waals surface area contributed by atoms with Gasteiger partial charge in [0.15, 0.2) is 0 Å². The SMILES string of the molecule is COC(=O)CCCCCCCn1c(=O)n(Cc2ccccc2Cl)c2ccccc21. The number of carbonyl (C=O) groups is 1. The zero-order valence-electron chi connectivity index (χ0n) is 16.8. The van der Waals surface area contributed by atoms with Gasteiger partial charge in [0.1, 0.15) is 0 Å².